The molecule has 0 N–H and O–H groups in total. The Bertz CT molecular complexity index is 1310. The molecule has 4 rings (SSSR count). The Morgan fingerprint density at radius 1 is 0.627 bits per heavy atom. The van der Waals surface area contributed by atoms with Crippen LogP contribution in [-0.2, 0) is 9.47 Å². The summed E-state index contributed by atoms with van der Waals surface area (Å²) in [6, 6.07) is 13.9. The molecule has 0 unspecified atom stereocenters. The zero-order chi connectivity index (χ0) is 36.1. The topological polar surface area (TPSA) is 71.1 Å². The zero-order valence-electron chi connectivity index (χ0n) is 31.7. The first-order chi connectivity index (χ1) is 24.9. The monoisotopic (exact) mass is 700 g/mol. The standard InChI is InChI=1S/C45H64O6/c1-4-6-8-12-36-16-20-38(21-17-36)14-10-32-48-42-28-24-40(25-29-42)44(46)50-34-35(3)51-45(47)41-26-30-43(31-27-41)49-33-11-15-39-22-18-37(19-23-39)13-9-7-5-2/h10-11,14-15,24-31,35-39H,4-9,12-13,16-23,32-34H2,1-3H3/b14-10+,15-11+/t35-,36?,37?,38?,39?/m1/s1. The van der Waals surface area contributed by atoms with Crippen molar-refractivity contribution in [2.24, 2.45) is 23.7 Å². The molecular weight excluding hydrogens is 636 g/mol. The van der Waals surface area contributed by atoms with Crippen LogP contribution < -0.4 is 9.47 Å². The first-order valence-corrected chi connectivity index (χ1v) is 20.1. The molecule has 280 valence electrons. The Morgan fingerprint density at radius 3 is 1.49 bits per heavy atom. The summed E-state index contributed by atoms with van der Waals surface area (Å²) in [6.07, 6.45) is 29.7. The van der Waals surface area contributed by atoms with Crippen molar-refractivity contribution in [3.63, 3.8) is 0 Å². The average molecular weight is 701 g/mol. The van der Waals surface area contributed by atoms with Crippen LogP contribution in [0.25, 0.3) is 0 Å². The van der Waals surface area contributed by atoms with Gasteiger partial charge >= 0.3 is 11.9 Å². The molecule has 51 heavy (non-hydrogen) atoms. The van der Waals surface area contributed by atoms with Gasteiger partial charge in [0.05, 0.1) is 11.1 Å². The van der Waals surface area contributed by atoms with Gasteiger partial charge in [0.1, 0.15) is 37.4 Å². The first-order valence-electron chi connectivity index (χ1n) is 20.1. The van der Waals surface area contributed by atoms with Gasteiger partial charge in [-0.05, 0) is 130 Å². The minimum atomic E-state index is -0.598. The predicted molar refractivity (Wildman–Crippen MR) is 206 cm³/mol. The van der Waals surface area contributed by atoms with E-state index in [9.17, 15) is 9.59 Å². The fraction of sp³-hybridized carbons (Fsp3) is 0.600. The van der Waals surface area contributed by atoms with E-state index in [4.69, 9.17) is 18.9 Å². The molecule has 1 atom stereocenters. The second-order valence-corrected chi connectivity index (χ2v) is 14.9. The Hall–Kier alpha value is -3.54. The lowest BCUT2D eigenvalue weighted by atomic mass is 9.79. The molecule has 0 aromatic heterocycles. The van der Waals surface area contributed by atoms with Gasteiger partial charge in [-0.1, -0.05) is 89.5 Å². The van der Waals surface area contributed by atoms with Crippen molar-refractivity contribution in [2.45, 2.75) is 130 Å². The number of hydrogen-bond acceptors (Lipinski definition) is 6. The minimum absolute atomic E-state index is 0.0394. The van der Waals surface area contributed by atoms with E-state index >= 15 is 0 Å². The molecule has 0 amide bonds. The molecule has 2 aliphatic rings. The molecular formula is C45H64O6. The predicted octanol–water partition coefficient (Wildman–Crippen LogP) is 11.7. The van der Waals surface area contributed by atoms with Crippen LogP contribution >= 0.6 is 0 Å². The van der Waals surface area contributed by atoms with E-state index in [-0.39, 0.29) is 6.61 Å². The van der Waals surface area contributed by atoms with Gasteiger partial charge in [0.2, 0.25) is 0 Å². The van der Waals surface area contributed by atoms with E-state index in [0.717, 1.165) is 11.8 Å². The molecule has 2 aromatic rings. The Labute approximate surface area is 308 Å². The molecule has 6 heteroatoms. The second-order valence-electron chi connectivity index (χ2n) is 14.9. The number of ether oxygens (including phenoxy) is 4. The van der Waals surface area contributed by atoms with Gasteiger partial charge in [-0.15, -0.1) is 0 Å². The molecule has 0 saturated heterocycles. The summed E-state index contributed by atoms with van der Waals surface area (Å²) in [4.78, 5) is 25.3. The highest BCUT2D eigenvalue weighted by molar-refractivity contribution is 5.90. The Balaban J connectivity index is 1.07. The Morgan fingerprint density at radius 2 is 1.06 bits per heavy atom. The van der Waals surface area contributed by atoms with Crippen LogP contribution in [0.5, 0.6) is 11.5 Å². The third-order valence-electron chi connectivity index (χ3n) is 10.7. The lowest BCUT2D eigenvalue weighted by molar-refractivity contribution is 0.00447. The summed E-state index contributed by atoms with van der Waals surface area (Å²) in [7, 11) is 0. The lowest BCUT2D eigenvalue weighted by Gasteiger charge is -2.26. The van der Waals surface area contributed by atoms with Crippen molar-refractivity contribution in [1.82, 2.24) is 0 Å². The van der Waals surface area contributed by atoms with Gasteiger partial charge in [-0.3, -0.25) is 0 Å². The number of carbonyl (C=O) groups excluding carboxylic acids is 2. The highest BCUT2D eigenvalue weighted by Crippen LogP contribution is 2.34. The largest absolute Gasteiger partial charge is 0.490 e. The summed E-state index contributed by atoms with van der Waals surface area (Å²) in [5, 5.41) is 0. The summed E-state index contributed by atoms with van der Waals surface area (Å²) < 4.78 is 22.7. The summed E-state index contributed by atoms with van der Waals surface area (Å²) in [5.74, 6) is 3.62. The van der Waals surface area contributed by atoms with E-state index in [1.807, 2.05) is 0 Å². The number of rotatable bonds is 21. The van der Waals surface area contributed by atoms with Crippen LogP contribution in [-0.4, -0.2) is 37.9 Å². The van der Waals surface area contributed by atoms with Gasteiger partial charge in [-0.25, -0.2) is 9.59 Å². The molecule has 0 radical (unpaired) electrons. The van der Waals surface area contributed by atoms with Crippen LogP contribution in [0.15, 0.2) is 72.8 Å². The quantitative estimate of drug-likeness (QED) is 0.0733. The molecule has 2 aromatic carbocycles. The van der Waals surface area contributed by atoms with Gasteiger partial charge in [0.25, 0.3) is 0 Å². The molecule has 2 saturated carbocycles. The van der Waals surface area contributed by atoms with E-state index in [2.05, 4.69) is 38.2 Å². The highest BCUT2D eigenvalue weighted by Gasteiger charge is 2.20. The number of hydrogen-bond donors (Lipinski definition) is 0. The molecule has 0 heterocycles. The second kappa shape index (κ2) is 23.1. The maximum absolute atomic E-state index is 12.7. The number of benzene rings is 2. The smallest absolute Gasteiger partial charge is 0.338 e. The minimum Gasteiger partial charge on any atom is -0.490 e. The van der Waals surface area contributed by atoms with Crippen molar-refractivity contribution in [3.05, 3.63) is 84.0 Å². The maximum Gasteiger partial charge on any atom is 0.338 e. The van der Waals surface area contributed by atoms with Crippen molar-refractivity contribution in [1.29, 1.82) is 0 Å². The lowest BCUT2D eigenvalue weighted by Crippen LogP contribution is -2.22. The van der Waals surface area contributed by atoms with Crippen LogP contribution in [0, 0.1) is 23.7 Å². The van der Waals surface area contributed by atoms with Crippen molar-refractivity contribution in [3.8, 4) is 11.5 Å². The van der Waals surface area contributed by atoms with E-state index in [1.165, 1.54) is 103 Å². The van der Waals surface area contributed by atoms with Crippen LogP contribution in [0.4, 0.5) is 0 Å². The number of esters is 2. The fourth-order valence-electron chi connectivity index (χ4n) is 7.43. The molecule has 0 aliphatic heterocycles. The molecule has 6 nitrogen and oxygen atoms in total. The SMILES string of the molecule is CCCCCC1CCC(/C=C/COc2ccc(C(=O)OC[C@@H](C)OC(=O)c3ccc(OC/C=C/C4CCC(CCCCC)CC4)cc3)cc2)CC1. The molecule has 2 fully saturated rings. The van der Waals surface area contributed by atoms with Gasteiger partial charge in [-0.2, -0.15) is 0 Å². The van der Waals surface area contributed by atoms with Crippen molar-refractivity contribution >= 4 is 11.9 Å². The molecule has 0 bridgehead atoms. The highest BCUT2D eigenvalue weighted by atomic mass is 16.6. The maximum atomic E-state index is 12.7. The Kier molecular flexibility index (Phi) is 18.2. The van der Waals surface area contributed by atoms with E-state index in [1.54, 1.807) is 55.5 Å². The zero-order valence-corrected chi connectivity index (χ0v) is 31.7. The third-order valence-corrected chi connectivity index (χ3v) is 10.7. The first kappa shape index (κ1) is 40.2. The average Bonchev–Trinajstić information content (AvgIpc) is 3.16. The van der Waals surface area contributed by atoms with Crippen molar-refractivity contribution < 1.29 is 28.5 Å². The number of unbranched alkanes of at least 4 members (excludes halogenated alkanes) is 4. The number of allylic oxidation sites excluding steroid dienone is 2. The van der Waals surface area contributed by atoms with E-state index in [0.29, 0.717) is 47.7 Å². The van der Waals surface area contributed by atoms with Crippen molar-refractivity contribution in [2.75, 3.05) is 19.8 Å². The molecule has 0 spiro atoms. The molecule has 2 aliphatic carbocycles. The van der Waals surface area contributed by atoms with E-state index < -0.39 is 18.0 Å². The van der Waals surface area contributed by atoms with Crippen LogP contribution in [0.2, 0.25) is 0 Å². The van der Waals surface area contributed by atoms with Gasteiger partial charge in [0.15, 0.2) is 0 Å². The summed E-state index contributed by atoms with van der Waals surface area (Å²) >= 11 is 0. The fourth-order valence-corrected chi connectivity index (χ4v) is 7.43. The number of carbonyl (C=O) groups is 2. The van der Waals surface area contributed by atoms with Gasteiger partial charge in [0, 0.05) is 0 Å². The summed E-state index contributed by atoms with van der Waals surface area (Å²) in [5.41, 5.74) is 0.838. The normalized spacial score (nSPS) is 21.4. The van der Waals surface area contributed by atoms with Gasteiger partial charge < -0.3 is 18.9 Å². The summed E-state index contributed by atoms with van der Waals surface area (Å²) in [6.45, 7) is 7.23. The van der Waals surface area contributed by atoms with Crippen LogP contribution in [0.3, 0.4) is 0 Å². The third kappa shape index (κ3) is 15.3. The van der Waals surface area contributed by atoms with Crippen LogP contribution in [0.1, 0.15) is 144 Å².